The number of carbonyl (C=O) groups is 2. The molecule has 5 nitrogen and oxygen atoms in total. The standard InChI is InChI=1S/C21H23N3O2/c1-3-15-8-4-5-9-17(15)24-21(26)20(25)22-12-11-16-13-23-18-10-6-7-14(2)19(16)18/h4-10,13,23H,3,11-12H2,1-2H3,(H,22,25)(H,24,26). The van der Waals surface area contributed by atoms with Crippen molar-refractivity contribution in [3.8, 4) is 0 Å². The molecular formula is C21H23N3O2. The van der Waals surface area contributed by atoms with E-state index in [1.807, 2.05) is 43.5 Å². The third-order valence-electron chi connectivity index (χ3n) is 4.53. The van der Waals surface area contributed by atoms with Crippen LogP contribution in [0.3, 0.4) is 0 Å². The highest BCUT2D eigenvalue weighted by Gasteiger charge is 2.15. The fourth-order valence-corrected chi connectivity index (χ4v) is 3.17. The number of carbonyl (C=O) groups excluding carboxylic acids is 2. The van der Waals surface area contributed by atoms with Gasteiger partial charge in [-0.15, -0.1) is 0 Å². The Morgan fingerprint density at radius 2 is 1.81 bits per heavy atom. The Hall–Kier alpha value is -3.08. The molecule has 2 amide bonds. The van der Waals surface area contributed by atoms with Gasteiger partial charge in [-0.05, 0) is 48.6 Å². The average molecular weight is 349 g/mol. The van der Waals surface area contributed by atoms with Crippen LogP contribution in [0.25, 0.3) is 10.9 Å². The zero-order valence-corrected chi connectivity index (χ0v) is 15.1. The van der Waals surface area contributed by atoms with Gasteiger partial charge < -0.3 is 15.6 Å². The zero-order valence-electron chi connectivity index (χ0n) is 15.1. The number of H-pyrrole nitrogens is 1. The molecule has 0 saturated heterocycles. The van der Waals surface area contributed by atoms with Gasteiger partial charge in [-0.2, -0.15) is 0 Å². The summed E-state index contributed by atoms with van der Waals surface area (Å²) in [5, 5.41) is 6.57. The summed E-state index contributed by atoms with van der Waals surface area (Å²) in [5.74, 6) is -1.26. The lowest BCUT2D eigenvalue weighted by molar-refractivity contribution is -0.136. The van der Waals surface area contributed by atoms with Crippen molar-refractivity contribution >= 4 is 28.4 Å². The summed E-state index contributed by atoms with van der Waals surface area (Å²) >= 11 is 0. The van der Waals surface area contributed by atoms with Crippen molar-refractivity contribution in [2.45, 2.75) is 26.7 Å². The van der Waals surface area contributed by atoms with Crippen LogP contribution in [0.2, 0.25) is 0 Å². The van der Waals surface area contributed by atoms with Crippen molar-refractivity contribution < 1.29 is 9.59 Å². The predicted octanol–water partition coefficient (Wildman–Crippen LogP) is 3.34. The summed E-state index contributed by atoms with van der Waals surface area (Å²) in [6.45, 7) is 4.48. The first-order valence-electron chi connectivity index (χ1n) is 8.82. The van der Waals surface area contributed by atoms with E-state index in [0.29, 0.717) is 18.7 Å². The summed E-state index contributed by atoms with van der Waals surface area (Å²) in [6, 6.07) is 13.6. The molecule has 1 aromatic heterocycles. The van der Waals surface area contributed by atoms with Gasteiger partial charge in [-0.25, -0.2) is 0 Å². The molecule has 3 N–H and O–H groups in total. The minimum atomic E-state index is -0.638. The molecule has 0 aliphatic carbocycles. The van der Waals surface area contributed by atoms with Crippen LogP contribution in [0.5, 0.6) is 0 Å². The molecular weight excluding hydrogens is 326 g/mol. The van der Waals surface area contributed by atoms with Crippen molar-refractivity contribution in [1.29, 1.82) is 0 Å². The van der Waals surface area contributed by atoms with Gasteiger partial charge in [0.2, 0.25) is 0 Å². The molecule has 134 valence electrons. The molecule has 5 heteroatoms. The number of hydrogen-bond donors (Lipinski definition) is 3. The van der Waals surface area contributed by atoms with Crippen molar-refractivity contribution in [3.05, 3.63) is 65.4 Å². The van der Waals surface area contributed by atoms with Crippen molar-refractivity contribution in [2.75, 3.05) is 11.9 Å². The molecule has 0 spiro atoms. The van der Waals surface area contributed by atoms with Crippen LogP contribution in [-0.4, -0.2) is 23.3 Å². The lowest BCUT2D eigenvalue weighted by atomic mass is 10.1. The molecule has 2 aromatic carbocycles. The van der Waals surface area contributed by atoms with Crippen LogP contribution in [-0.2, 0) is 22.4 Å². The topological polar surface area (TPSA) is 74.0 Å². The van der Waals surface area contributed by atoms with E-state index in [0.717, 1.165) is 23.1 Å². The third-order valence-corrected chi connectivity index (χ3v) is 4.53. The average Bonchev–Trinajstić information content (AvgIpc) is 3.06. The number of benzene rings is 2. The predicted molar refractivity (Wildman–Crippen MR) is 104 cm³/mol. The third kappa shape index (κ3) is 3.77. The normalized spacial score (nSPS) is 10.7. The summed E-state index contributed by atoms with van der Waals surface area (Å²) in [5.41, 5.74) is 5.10. The van der Waals surface area contributed by atoms with E-state index in [4.69, 9.17) is 0 Å². The van der Waals surface area contributed by atoms with Crippen molar-refractivity contribution in [3.63, 3.8) is 0 Å². The van der Waals surface area contributed by atoms with E-state index in [2.05, 4.69) is 28.6 Å². The van der Waals surface area contributed by atoms with Crippen LogP contribution in [0.4, 0.5) is 5.69 Å². The quantitative estimate of drug-likeness (QED) is 0.618. The van der Waals surface area contributed by atoms with E-state index in [-0.39, 0.29) is 0 Å². The van der Waals surface area contributed by atoms with Crippen LogP contribution in [0, 0.1) is 6.92 Å². The Labute approximate surface area is 152 Å². The Bertz CT molecular complexity index is 943. The number of hydrogen-bond acceptors (Lipinski definition) is 2. The Morgan fingerprint density at radius 3 is 2.62 bits per heavy atom. The lowest BCUT2D eigenvalue weighted by Crippen LogP contribution is -2.36. The molecule has 26 heavy (non-hydrogen) atoms. The smallest absolute Gasteiger partial charge is 0.313 e. The first-order chi connectivity index (χ1) is 12.6. The van der Waals surface area contributed by atoms with Crippen LogP contribution >= 0.6 is 0 Å². The molecule has 0 saturated carbocycles. The lowest BCUT2D eigenvalue weighted by Gasteiger charge is -2.10. The molecule has 0 aliphatic heterocycles. The summed E-state index contributed by atoms with van der Waals surface area (Å²) in [7, 11) is 0. The van der Waals surface area contributed by atoms with Gasteiger partial charge in [0.05, 0.1) is 0 Å². The number of rotatable bonds is 5. The minimum Gasteiger partial charge on any atom is -0.361 e. The number of fused-ring (bicyclic) bond motifs is 1. The fraction of sp³-hybridized carbons (Fsp3) is 0.238. The van der Waals surface area contributed by atoms with Gasteiger partial charge in [-0.3, -0.25) is 9.59 Å². The molecule has 0 radical (unpaired) electrons. The Balaban J connectivity index is 1.57. The maximum atomic E-state index is 12.1. The van der Waals surface area contributed by atoms with E-state index in [1.54, 1.807) is 6.07 Å². The van der Waals surface area contributed by atoms with Gasteiger partial charge in [0, 0.05) is 29.3 Å². The highest BCUT2D eigenvalue weighted by Crippen LogP contribution is 2.22. The molecule has 1 heterocycles. The molecule has 0 aliphatic rings. The molecule has 0 atom stereocenters. The van der Waals surface area contributed by atoms with Gasteiger partial charge in [0.25, 0.3) is 0 Å². The minimum absolute atomic E-state index is 0.406. The number of nitrogens with one attached hydrogen (secondary N) is 3. The number of aromatic amines is 1. The maximum absolute atomic E-state index is 12.1. The highest BCUT2D eigenvalue weighted by atomic mass is 16.2. The van der Waals surface area contributed by atoms with Crippen LogP contribution in [0.15, 0.2) is 48.7 Å². The van der Waals surface area contributed by atoms with E-state index >= 15 is 0 Å². The summed E-state index contributed by atoms with van der Waals surface area (Å²) < 4.78 is 0. The number of amides is 2. The van der Waals surface area contributed by atoms with E-state index in [9.17, 15) is 9.59 Å². The molecule has 3 rings (SSSR count). The number of aromatic nitrogens is 1. The molecule has 0 bridgehead atoms. The van der Waals surface area contributed by atoms with Gasteiger partial charge in [0.1, 0.15) is 0 Å². The van der Waals surface area contributed by atoms with Gasteiger partial charge >= 0.3 is 11.8 Å². The van der Waals surface area contributed by atoms with Crippen molar-refractivity contribution in [1.82, 2.24) is 10.3 Å². The molecule has 0 unspecified atom stereocenters. The van der Waals surface area contributed by atoms with Gasteiger partial charge in [0.15, 0.2) is 0 Å². The number of aryl methyl sites for hydroxylation is 2. The Kier molecular flexibility index (Phi) is 5.37. The monoisotopic (exact) mass is 349 g/mol. The summed E-state index contributed by atoms with van der Waals surface area (Å²) in [4.78, 5) is 27.4. The second-order valence-corrected chi connectivity index (χ2v) is 6.28. The summed E-state index contributed by atoms with van der Waals surface area (Å²) in [6.07, 6.45) is 3.41. The maximum Gasteiger partial charge on any atom is 0.313 e. The number of anilines is 1. The van der Waals surface area contributed by atoms with E-state index in [1.165, 1.54) is 10.9 Å². The largest absolute Gasteiger partial charge is 0.361 e. The van der Waals surface area contributed by atoms with Gasteiger partial charge in [-0.1, -0.05) is 37.3 Å². The van der Waals surface area contributed by atoms with E-state index < -0.39 is 11.8 Å². The highest BCUT2D eigenvalue weighted by molar-refractivity contribution is 6.39. The number of para-hydroxylation sites is 1. The second-order valence-electron chi connectivity index (χ2n) is 6.28. The zero-order chi connectivity index (χ0) is 18.5. The van der Waals surface area contributed by atoms with Crippen LogP contribution < -0.4 is 10.6 Å². The SMILES string of the molecule is CCc1ccccc1NC(=O)C(=O)NCCc1c[nH]c2cccc(C)c12. The van der Waals surface area contributed by atoms with Crippen LogP contribution in [0.1, 0.15) is 23.6 Å². The Morgan fingerprint density at radius 1 is 1.00 bits per heavy atom. The first-order valence-corrected chi connectivity index (χ1v) is 8.82. The molecule has 3 aromatic rings. The first kappa shape index (κ1) is 17.7. The second kappa shape index (κ2) is 7.87. The fourth-order valence-electron chi connectivity index (χ4n) is 3.17. The molecule has 0 fully saturated rings. The van der Waals surface area contributed by atoms with Crippen molar-refractivity contribution in [2.24, 2.45) is 0 Å².